The lowest BCUT2D eigenvalue weighted by atomic mass is 10.1. The molecule has 3 N–H and O–H groups in total. The van der Waals surface area contributed by atoms with Gasteiger partial charge in [-0.15, -0.1) is 0 Å². The molecule has 0 fully saturated rings. The molecule has 3 aromatic carbocycles. The fourth-order valence-electron chi connectivity index (χ4n) is 3.57. The Hall–Kier alpha value is -3.69. The first-order chi connectivity index (χ1) is 16.6. The van der Waals surface area contributed by atoms with Gasteiger partial charge in [0.05, 0.1) is 18.6 Å². The molecule has 184 valence electrons. The summed E-state index contributed by atoms with van der Waals surface area (Å²) < 4.78 is 33.3. The number of ether oxygens (including phenoxy) is 1. The number of benzene rings is 3. The molecule has 35 heavy (non-hydrogen) atoms. The second-order valence-electron chi connectivity index (χ2n) is 8.11. The lowest BCUT2D eigenvalue weighted by Crippen LogP contribution is -2.33. The zero-order valence-corrected chi connectivity index (χ0v) is 21.0. The van der Waals surface area contributed by atoms with E-state index >= 15 is 0 Å². The molecular formula is C26H29N3O5S. The Labute approximate surface area is 205 Å². The standard InChI is InChI=1S/C26H29N3O5S/c1-17-12-13-21(14-22(17)26(31)27-15-20-10-5-6-11-23(20)34-4)35(32,33)28-16-24(30)29-25-18(2)8-7-9-19(25)3/h5-14,28H,15-16H2,1-4H3,(H,27,31)(H,29,30). The van der Waals surface area contributed by atoms with Gasteiger partial charge < -0.3 is 15.4 Å². The smallest absolute Gasteiger partial charge is 0.251 e. The molecule has 0 heterocycles. The van der Waals surface area contributed by atoms with E-state index in [9.17, 15) is 18.0 Å². The van der Waals surface area contributed by atoms with E-state index < -0.39 is 28.4 Å². The van der Waals surface area contributed by atoms with Crippen molar-refractivity contribution in [2.24, 2.45) is 0 Å². The Morgan fingerprint density at radius 3 is 2.26 bits per heavy atom. The summed E-state index contributed by atoms with van der Waals surface area (Å²) in [6.07, 6.45) is 0. The first-order valence-electron chi connectivity index (χ1n) is 11.0. The number of para-hydroxylation sites is 2. The van der Waals surface area contributed by atoms with Crippen molar-refractivity contribution in [2.75, 3.05) is 19.0 Å². The molecule has 0 aliphatic carbocycles. The van der Waals surface area contributed by atoms with Gasteiger partial charge in [0.25, 0.3) is 5.91 Å². The van der Waals surface area contributed by atoms with Crippen molar-refractivity contribution in [1.82, 2.24) is 10.0 Å². The molecule has 0 aliphatic heterocycles. The highest BCUT2D eigenvalue weighted by Gasteiger charge is 2.20. The van der Waals surface area contributed by atoms with Crippen molar-refractivity contribution in [2.45, 2.75) is 32.2 Å². The molecule has 0 aliphatic rings. The second-order valence-corrected chi connectivity index (χ2v) is 9.88. The summed E-state index contributed by atoms with van der Waals surface area (Å²) in [4.78, 5) is 25.1. The van der Waals surface area contributed by atoms with Crippen LogP contribution in [0.2, 0.25) is 0 Å². The summed E-state index contributed by atoms with van der Waals surface area (Å²) in [7, 11) is -2.48. The highest BCUT2D eigenvalue weighted by atomic mass is 32.2. The van der Waals surface area contributed by atoms with Gasteiger partial charge in [-0.1, -0.05) is 42.5 Å². The van der Waals surface area contributed by atoms with Gasteiger partial charge in [-0.05, 0) is 55.7 Å². The minimum Gasteiger partial charge on any atom is -0.496 e. The third-order valence-electron chi connectivity index (χ3n) is 5.56. The molecule has 0 aromatic heterocycles. The number of amides is 2. The van der Waals surface area contributed by atoms with E-state index in [1.165, 1.54) is 12.1 Å². The molecule has 0 atom stereocenters. The van der Waals surface area contributed by atoms with Gasteiger partial charge in [0, 0.05) is 23.4 Å². The molecule has 0 bridgehead atoms. The fourth-order valence-corrected chi connectivity index (χ4v) is 4.58. The molecular weight excluding hydrogens is 466 g/mol. The molecule has 0 radical (unpaired) electrons. The van der Waals surface area contributed by atoms with Crippen LogP contribution in [-0.4, -0.2) is 33.9 Å². The van der Waals surface area contributed by atoms with E-state index in [4.69, 9.17) is 4.74 Å². The summed E-state index contributed by atoms with van der Waals surface area (Å²) in [5.74, 6) is -0.268. The lowest BCUT2D eigenvalue weighted by molar-refractivity contribution is -0.115. The van der Waals surface area contributed by atoms with Crippen LogP contribution in [0, 0.1) is 20.8 Å². The zero-order valence-electron chi connectivity index (χ0n) is 20.1. The van der Waals surface area contributed by atoms with Crippen molar-refractivity contribution in [1.29, 1.82) is 0 Å². The highest BCUT2D eigenvalue weighted by Crippen LogP contribution is 2.20. The van der Waals surface area contributed by atoms with Crippen LogP contribution in [0.3, 0.4) is 0 Å². The minimum atomic E-state index is -4.03. The summed E-state index contributed by atoms with van der Waals surface area (Å²) in [5.41, 5.74) is 4.05. The number of hydrogen-bond donors (Lipinski definition) is 3. The van der Waals surface area contributed by atoms with Crippen LogP contribution in [0.25, 0.3) is 0 Å². The number of rotatable bonds is 9. The van der Waals surface area contributed by atoms with Gasteiger partial charge in [0.2, 0.25) is 15.9 Å². The fraction of sp³-hybridized carbons (Fsp3) is 0.231. The normalized spacial score (nSPS) is 11.1. The highest BCUT2D eigenvalue weighted by molar-refractivity contribution is 7.89. The molecule has 3 rings (SSSR count). The van der Waals surface area contributed by atoms with E-state index in [0.29, 0.717) is 17.0 Å². The Morgan fingerprint density at radius 2 is 1.57 bits per heavy atom. The lowest BCUT2D eigenvalue weighted by Gasteiger charge is -2.13. The quantitative estimate of drug-likeness (QED) is 0.421. The van der Waals surface area contributed by atoms with Crippen molar-refractivity contribution >= 4 is 27.5 Å². The average molecular weight is 496 g/mol. The number of methoxy groups -OCH3 is 1. The van der Waals surface area contributed by atoms with E-state index in [-0.39, 0.29) is 17.0 Å². The number of hydrogen-bond acceptors (Lipinski definition) is 5. The molecule has 0 unspecified atom stereocenters. The predicted molar refractivity (Wildman–Crippen MR) is 135 cm³/mol. The number of aryl methyl sites for hydroxylation is 3. The van der Waals surface area contributed by atoms with E-state index in [0.717, 1.165) is 16.7 Å². The third-order valence-corrected chi connectivity index (χ3v) is 6.96. The van der Waals surface area contributed by atoms with E-state index in [2.05, 4.69) is 15.4 Å². The van der Waals surface area contributed by atoms with Gasteiger partial charge in [-0.25, -0.2) is 13.1 Å². The SMILES string of the molecule is COc1ccccc1CNC(=O)c1cc(S(=O)(=O)NCC(=O)Nc2c(C)cccc2C)ccc1C. The van der Waals surface area contributed by atoms with Crippen LogP contribution < -0.4 is 20.1 Å². The van der Waals surface area contributed by atoms with Gasteiger partial charge in [-0.3, -0.25) is 9.59 Å². The summed E-state index contributed by atoms with van der Waals surface area (Å²) in [5, 5.41) is 5.54. The number of sulfonamides is 1. The van der Waals surface area contributed by atoms with Crippen LogP contribution >= 0.6 is 0 Å². The average Bonchev–Trinajstić information content (AvgIpc) is 2.84. The number of carbonyl (C=O) groups excluding carboxylic acids is 2. The van der Waals surface area contributed by atoms with Crippen LogP contribution in [-0.2, 0) is 21.4 Å². The second kappa shape index (κ2) is 11.2. The Kier molecular flexibility index (Phi) is 8.26. The Morgan fingerprint density at radius 1 is 0.886 bits per heavy atom. The van der Waals surface area contributed by atoms with E-state index in [1.54, 1.807) is 26.2 Å². The first-order valence-corrected chi connectivity index (χ1v) is 12.5. The van der Waals surface area contributed by atoms with Crippen molar-refractivity contribution < 1.29 is 22.7 Å². The van der Waals surface area contributed by atoms with Crippen molar-refractivity contribution in [3.05, 3.63) is 88.5 Å². The number of carbonyl (C=O) groups is 2. The Bertz CT molecular complexity index is 1330. The predicted octanol–water partition coefficient (Wildman–Crippen LogP) is 3.47. The monoisotopic (exact) mass is 495 g/mol. The van der Waals surface area contributed by atoms with Gasteiger partial charge in [-0.2, -0.15) is 0 Å². The molecule has 0 saturated carbocycles. The maximum absolute atomic E-state index is 12.8. The van der Waals surface area contributed by atoms with Crippen LogP contribution in [0.1, 0.15) is 32.6 Å². The molecule has 8 nitrogen and oxygen atoms in total. The first kappa shape index (κ1) is 25.9. The third kappa shape index (κ3) is 6.46. The maximum Gasteiger partial charge on any atom is 0.251 e. The van der Waals surface area contributed by atoms with Crippen LogP contribution in [0.5, 0.6) is 5.75 Å². The summed E-state index contributed by atoms with van der Waals surface area (Å²) in [6.45, 7) is 5.22. The van der Waals surface area contributed by atoms with Crippen molar-refractivity contribution in [3.63, 3.8) is 0 Å². The topological polar surface area (TPSA) is 114 Å². The molecule has 3 aromatic rings. The van der Waals surface area contributed by atoms with Gasteiger partial charge >= 0.3 is 0 Å². The minimum absolute atomic E-state index is 0.106. The largest absolute Gasteiger partial charge is 0.496 e. The summed E-state index contributed by atoms with van der Waals surface area (Å²) in [6, 6.07) is 17.2. The van der Waals surface area contributed by atoms with Crippen molar-refractivity contribution in [3.8, 4) is 5.75 Å². The summed E-state index contributed by atoms with van der Waals surface area (Å²) >= 11 is 0. The molecule has 0 saturated heterocycles. The molecule has 9 heteroatoms. The van der Waals surface area contributed by atoms with Crippen LogP contribution in [0.15, 0.2) is 65.6 Å². The number of anilines is 1. The maximum atomic E-state index is 12.8. The van der Waals surface area contributed by atoms with Crippen LogP contribution in [0.4, 0.5) is 5.69 Å². The number of nitrogens with one attached hydrogen (secondary N) is 3. The van der Waals surface area contributed by atoms with Gasteiger partial charge in [0.15, 0.2) is 0 Å². The Balaban J connectivity index is 1.69. The molecule has 0 spiro atoms. The molecule has 2 amide bonds. The van der Waals surface area contributed by atoms with E-state index in [1.807, 2.05) is 50.2 Å². The van der Waals surface area contributed by atoms with Gasteiger partial charge in [0.1, 0.15) is 5.75 Å². The zero-order chi connectivity index (χ0) is 25.6.